The summed E-state index contributed by atoms with van der Waals surface area (Å²) in [7, 11) is -2.40. The molecular formula is C16H25N3O6S. The number of sulfonamides is 1. The lowest BCUT2D eigenvalue weighted by molar-refractivity contribution is -0.119. The molecule has 0 heterocycles. The maximum Gasteiger partial charge on any atom is 0.407 e. The summed E-state index contributed by atoms with van der Waals surface area (Å²) in [5.41, 5.74) is -0.293. The lowest BCUT2D eigenvalue weighted by atomic mass is 10.2. The van der Waals surface area contributed by atoms with Crippen LogP contribution >= 0.6 is 0 Å². The highest BCUT2D eigenvalue weighted by molar-refractivity contribution is 7.89. The molecular weight excluding hydrogens is 362 g/mol. The van der Waals surface area contributed by atoms with Gasteiger partial charge in [-0.15, -0.1) is 0 Å². The largest absolute Gasteiger partial charge is 0.444 e. The van der Waals surface area contributed by atoms with Crippen molar-refractivity contribution in [2.75, 3.05) is 32.1 Å². The lowest BCUT2D eigenvalue weighted by Crippen LogP contribution is -2.37. The maximum absolute atomic E-state index is 12.3. The Bertz CT molecular complexity index is 728. The van der Waals surface area contributed by atoms with Crippen LogP contribution in [-0.4, -0.2) is 52.8 Å². The molecule has 0 aromatic heterocycles. The highest BCUT2D eigenvalue weighted by Crippen LogP contribution is 2.15. The molecule has 26 heavy (non-hydrogen) atoms. The normalized spacial score (nSPS) is 11.7. The molecule has 0 fully saturated rings. The van der Waals surface area contributed by atoms with Crippen molar-refractivity contribution < 1.29 is 27.5 Å². The highest BCUT2D eigenvalue weighted by Gasteiger charge is 2.17. The van der Waals surface area contributed by atoms with Gasteiger partial charge in [0, 0.05) is 25.9 Å². The van der Waals surface area contributed by atoms with Gasteiger partial charge in [0.05, 0.1) is 4.90 Å². The number of nitrogens with one attached hydrogen (secondary N) is 3. The standard InChI is InChI=1S/C16H25N3O6S/c1-16(2,3)25-15(21)17-8-9-18-26(22,23)13-7-5-6-12(10-13)19-14(20)11-24-4/h5-7,10,18H,8-9,11H2,1-4H3,(H,17,21)(H,19,20). The lowest BCUT2D eigenvalue weighted by Gasteiger charge is -2.19. The molecule has 0 aliphatic heterocycles. The summed E-state index contributed by atoms with van der Waals surface area (Å²) in [5, 5.41) is 4.99. The summed E-state index contributed by atoms with van der Waals surface area (Å²) < 4.78 is 36.7. The minimum absolute atomic E-state index is 0.00927. The second-order valence-corrected chi connectivity index (χ2v) is 8.10. The van der Waals surface area contributed by atoms with Gasteiger partial charge < -0.3 is 20.1 Å². The number of alkyl carbamates (subject to hydrolysis) is 1. The molecule has 146 valence electrons. The van der Waals surface area contributed by atoms with E-state index in [9.17, 15) is 18.0 Å². The fraction of sp³-hybridized carbons (Fsp3) is 0.500. The van der Waals surface area contributed by atoms with E-state index in [2.05, 4.69) is 15.4 Å². The maximum atomic E-state index is 12.3. The Morgan fingerprint density at radius 2 is 1.85 bits per heavy atom. The predicted octanol–water partition coefficient (Wildman–Crippen LogP) is 1.07. The van der Waals surface area contributed by atoms with Crippen LogP contribution in [0.1, 0.15) is 20.8 Å². The first-order chi connectivity index (χ1) is 12.0. The highest BCUT2D eigenvalue weighted by atomic mass is 32.2. The van der Waals surface area contributed by atoms with Gasteiger partial charge in [-0.25, -0.2) is 17.9 Å². The van der Waals surface area contributed by atoms with E-state index in [-0.39, 0.29) is 24.6 Å². The molecule has 0 aliphatic carbocycles. The van der Waals surface area contributed by atoms with E-state index >= 15 is 0 Å². The topological polar surface area (TPSA) is 123 Å². The fourth-order valence-corrected chi connectivity index (χ4v) is 2.89. The van der Waals surface area contributed by atoms with E-state index in [1.54, 1.807) is 26.8 Å². The summed E-state index contributed by atoms with van der Waals surface area (Å²) in [6.07, 6.45) is -0.625. The van der Waals surface area contributed by atoms with Crippen LogP contribution < -0.4 is 15.4 Å². The third kappa shape index (κ3) is 8.28. The first kappa shape index (κ1) is 21.9. The van der Waals surface area contributed by atoms with Crippen molar-refractivity contribution >= 4 is 27.7 Å². The average Bonchev–Trinajstić information content (AvgIpc) is 2.50. The van der Waals surface area contributed by atoms with Crippen LogP contribution in [-0.2, 0) is 24.3 Å². The Morgan fingerprint density at radius 1 is 1.15 bits per heavy atom. The summed E-state index contributed by atoms with van der Waals surface area (Å²) >= 11 is 0. The van der Waals surface area contributed by atoms with Gasteiger partial charge >= 0.3 is 6.09 Å². The molecule has 2 amide bonds. The number of benzene rings is 1. The van der Waals surface area contributed by atoms with Crippen molar-refractivity contribution in [3.8, 4) is 0 Å². The molecule has 3 N–H and O–H groups in total. The molecule has 1 rings (SSSR count). The van der Waals surface area contributed by atoms with Gasteiger partial charge in [-0.3, -0.25) is 4.79 Å². The number of ether oxygens (including phenoxy) is 2. The minimum atomic E-state index is -3.79. The van der Waals surface area contributed by atoms with Gasteiger partial charge in [-0.1, -0.05) is 6.07 Å². The number of methoxy groups -OCH3 is 1. The second kappa shape index (κ2) is 9.51. The fourth-order valence-electron chi connectivity index (χ4n) is 1.82. The molecule has 0 aliphatic rings. The zero-order valence-corrected chi connectivity index (χ0v) is 16.1. The summed E-state index contributed by atoms with van der Waals surface area (Å²) in [4.78, 5) is 23.0. The number of rotatable bonds is 8. The van der Waals surface area contributed by atoms with Gasteiger partial charge in [0.1, 0.15) is 12.2 Å². The number of carbonyl (C=O) groups excluding carboxylic acids is 2. The molecule has 0 bridgehead atoms. The van der Waals surface area contributed by atoms with Crippen LogP contribution in [0, 0.1) is 0 Å². The Morgan fingerprint density at radius 3 is 2.46 bits per heavy atom. The molecule has 0 saturated carbocycles. The van der Waals surface area contributed by atoms with Crippen molar-refractivity contribution in [2.24, 2.45) is 0 Å². The number of hydrogen-bond donors (Lipinski definition) is 3. The molecule has 1 aromatic rings. The smallest absolute Gasteiger partial charge is 0.407 e. The van der Waals surface area contributed by atoms with E-state index < -0.39 is 27.6 Å². The van der Waals surface area contributed by atoms with Crippen molar-refractivity contribution in [1.29, 1.82) is 0 Å². The van der Waals surface area contributed by atoms with Gasteiger partial charge in [0.25, 0.3) is 0 Å². The molecule has 9 nitrogen and oxygen atoms in total. The molecule has 0 saturated heterocycles. The van der Waals surface area contributed by atoms with Crippen molar-refractivity contribution in [1.82, 2.24) is 10.0 Å². The van der Waals surface area contributed by atoms with Gasteiger partial charge in [-0.05, 0) is 39.0 Å². The number of anilines is 1. The minimum Gasteiger partial charge on any atom is -0.444 e. The molecule has 0 radical (unpaired) electrons. The van der Waals surface area contributed by atoms with Crippen LogP contribution in [0.25, 0.3) is 0 Å². The molecule has 10 heteroatoms. The van der Waals surface area contributed by atoms with Gasteiger partial charge in [-0.2, -0.15) is 0 Å². The van der Waals surface area contributed by atoms with Crippen LogP contribution in [0.3, 0.4) is 0 Å². The molecule has 0 atom stereocenters. The van der Waals surface area contributed by atoms with Crippen LogP contribution in [0.5, 0.6) is 0 Å². The first-order valence-corrected chi connectivity index (χ1v) is 9.37. The van der Waals surface area contributed by atoms with Gasteiger partial charge in [0.2, 0.25) is 15.9 Å². The Kier molecular flexibility index (Phi) is 8.00. The van der Waals surface area contributed by atoms with Crippen LogP contribution in [0.15, 0.2) is 29.2 Å². The third-order valence-electron chi connectivity index (χ3n) is 2.79. The van der Waals surface area contributed by atoms with E-state index in [0.717, 1.165) is 0 Å². The Labute approximate surface area is 153 Å². The van der Waals surface area contributed by atoms with Crippen molar-refractivity contribution in [3.63, 3.8) is 0 Å². The zero-order chi connectivity index (χ0) is 19.8. The first-order valence-electron chi connectivity index (χ1n) is 7.89. The summed E-state index contributed by atoms with van der Waals surface area (Å²) in [6, 6.07) is 5.80. The molecule has 0 spiro atoms. The van der Waals surface area contributed by atoms with E-state index in [0.29, 0.717) is 5.69 Å². The van der Waals surface area contributed by atoms with Crippen molar-refractivity contribution in [3.05, 3.63) is 24.3 Å². The predicted molar refractivity (Wildman–Crippen MR) is 96.4 cm³/mol. The average molecular weight is 387 g/mol. The van der Waals surface area contributed by atoms with Crippen LogP contribution in [0.4, 0.5) is 10.5 Å². The quantitative estimate of drug-likeness (QED) is 0.574. The van der Waals surface area contributed by atoms with Crippen LogP contribution in [0.2, 0.25) is 0 Å². The summed E-state index contributed by atoms with van der Waals surface area (Å²) in [6.45, 7) is 5.11. The van der Waals surface area contributed by atoms with E-state index in [1.807, 2.05) is 0 Å². The molecule has 0 unspecified atom stereocenters. The zero-order valence-electron chi connectivity index (χ0n) is 15.3. The van der Waals surface area contributed by atoms with E-state index in [4.69, 9.17) is 9.47 Å². The number of carbonyl (C=O) groups is 2. The second-order valence-electron chi connectivity index (χ2n) is 6.34. The Balaban J connectivity index is 2.57. The SMILES string of the molecule is COCC(=O)Nc1cccc(S(=O)(=O)NCCNC(=O)OC(C)(C)C)c1. The Hall–Kier alpha value is -2.17. The van der Waals surface area contributed by atoms with Crippen molar-refractivity contribution in [2.45, 2.75) is 31.3 Å². The third-order valence-corrected chi connectivity index (χ3v) is 4.25. The monoisotopic (exact) mass is 387 g/mol. The number of hydrogen-bond acceptors (Lipinski definition) is 6. The summed E-state index contributed by atoms with van der Waals surface area (Å²) in [5.74, 6) is -0.392. The van der Waals surface area contributed by atoms with Gasteiger partial charge in [0.15, 0.2) is 0 Å². The van der Waals surface area contributed by atoms with E-state index in [1.165, 1.54) is 25.3 Å². The molecule has 1 aromatic carbocycles. The number of amides is 2.